The topological polar surface area (TPSA) is 64.4 Å². The molecular formula is C14H13BrN2O3. The number of ether oxygens (including phenoxy) is 1. The number of rotatable bonds is 5. The summed E-state index contributed by atoms with van der Waals surface area (Å²) < 4.78 is 6.23. The van der Waals surface area contributed by atoms with Crippen LogP contribution in [0.25, 0.3) is 0 Å². The molecule has 0 radical (unpaired) electrons. The third kappa shape index (κ3) is 3.48. The van der Waals surface area contributed by atoms with Gasteiger partial charge in [-0.1, -0.05) is 22.0 Å². The van der Waals surface area contributed by atoms with Gasteiger partial charge in [-0.2, -0.15) is 0 Å². The molecule has 0 heterocycles. The number of nitrogens with one attached hydrogen (secondary N) is 1. The Hall–Kier alpha value is -2.08. The van der Waals surface area contributed by atoms with E-state index in [0.717, 1.165) is 15.8 Å². The highest BCUT2D eigenvalue weighted by atomic mass is 79.9. The maximum atomic E-state index is 10.7. The zero-order chi connectivity index (χ0) is 14.5. The molecule has 6 heteroatoms. The molecule has 0 saturated carbocycles. The lowest BCUT2D eigenvalue weighted by atomic mass is 10.2. The van der Waals surface area contributed by atoms with Crippen LogP contribution in [0.1, 0.15) is 5.56 Å². The van der Waals surface area contributed by atoms with Gasteiger partial charge in [-0.25, -0.2) is 0 Å². The van der Waals surface area contributed by atoms with Crippen LogP contribution in [0.4, 0.5) is 11.4 Å². The molecule has 2 aromatic carbocycles. The van der Waals surface area contributed by atoms with Crippen LogP contribution < -0.4 is 10.1 Å². The molecule has 0 fully saturated rings. The molecule has 0 aliphatic carbocycles. The number of nitro benzene ring substituents is 1. The summed E-state index contributed by atoms with van der Waals surface area (Å²) in [5.41, 5.74) is 1.73. The second-order valence-corrected chi connectivity index (χ2v) is 5.03. The lowest BCUT2D eigenvalue weighted by molar-refractivity contribution is -0.384. The summed E-state index contributed by atoms with van der Waals surface area (Å²) in [7, 11) is 1.61. The smallest absolute Gasteiger partial charge is 0.271 e. The monoisotopic (exact) mass is 336 g/mol. The molecule has 0 unspecified atom stereocenters. The molecule has 1 N–H and O–H groups in total. The minimum atomic E-state index is -0.412. The zero-order valence-corrected chi connectivity index (χ0v) is 12.4. The molecule has 0 atom stereocenters. The predicted octanol–water partition coefficient (Wildman–Crippen LogP) is 3.98. The number of non-ortho nitro benzene ring substituents is 1. The Morgan fingerprint density at radius 3 is 2.80 bits per heavy atom. The summed E-state index contributed by atoms with van der Waals surface area (Å²) in [5, 5.41) is 13.9. The zero-order valence-electron chi connectivity index (χ0n) is 10.8. The molecular weight excluding hydrogens is 324 g/mol. The van der Waals surface area contributed by atoms with Crippen molar-refractivity contribution >= 4 is 27.3 Å². The Morgan fingerprint density at radius 2 is 2.10 bits per heavy atom. The summed E-state index contributed by atoms with van der Waals surface area (Å²) in [5.74, 6) is 0.770. The minimum Gasteiger partial charge on any atom is -0.496 e. The highest BCUT2D eigenvalue weighted by Gasteiger charge is 2.07. The second-order valence-electron chi connectivity index (χ2n) is 4.12. The van der Waals surface area contributed by atoms with Crippen molar-refractivity contribution in [3.8, 4) is 5.75 Å². The van der Waals surface area contributed by atoms with Crippen molar-refractivity contribution < 1.29 is 9.66 Å². The molecule has 0 saturated heterocycles. The average Bonchev–Trinajstić information content (AvgIpc) is 2.45. The standard InChI is InChI=1S/C14H13BrN2O3/c1-20-14-6-5-11(15)7-10(14)9-16-12-3-2-4-13(8-12)17(18)19/h2-8,16H,9H2,1H3. The Morgan fingerprint density at radius 1 is 1.30 bits per heavy atom. The van der Waals surface area contributed by atoms with Crippen molar-refractivity contribution in [2.24, 2.45) is 0 Å². The van der Waals surface area contributed by atoms with Crippen molar-refractivity contribution in [2.75, 3.05) is 12.4 Å². The Kier molecular flexibility index (Phi) is 4.57. The van der Waals surface area contributed by atoms with Crippen molar-refractivity contribution in [3.63, 3.8) is 0 Å². The predicted molar refractivity (Wildman–Crippen MR) is 81.1 cm³/mol. The van der Waals surface area contributed by atoms with Gasteiger partial charge in [0, 0.05) is 34.4 Å². The number of methoxy groups -OCH3 is 1. The highest BCUT2D eigenvalue weighted by molar-refractivity contribution is 9.10. The number of anilines is 1. The van der Waals surface area contributed by atoms with E-state index in [1.54, 1.807) is 19.2 Å². The van der Waals surface area contributed by atoms with Crippen LogP contribution in [0, 0.1) is 10.1 Å². The van der Waals surface area contributed by atoms with E-state index >= 15 is 0 Å². The van der Waals surface area contributed by atoms with Crippen molar-refractivity contribution in [1.82, 2.24) is 0 Å². The molecule has 0 aliphatic rings. The second kappa shape index (κ2) is 6.38. The van der Waals surface area contributed by atoms with Crippen molar-refractivity contribution in [3.05, 3.63) is 62.6 Å². The number of benzene rings is 2. The molecule has 20 heavy (non-hydrogen) atoms. The first kappa shape index (κ1) is 14.3. The summed E-state index contributed by atoms with van der Waals surface area (Å²) in [4.78, 5) is 10.3. The first-order valence-corrected chi connectivity index (χ1v) is 6.70. The van der Waals surface area contributed by atoms with Gasteiger partial charge in [-0.15, -0.1) is 0 Å². The number of hydrogen-bond acceptors (Lipinski definition) is 4. The number of hydrogen-bond donors (Lipinski definition) is 1. The molecule has 0 spiro atoms. The molecule has 0 bridgehead atoms. The van der Waals surface area contributed by atoms with Crippen LogP contribution in [0.15, 0.2) is 46.9 Å². The fourth-order valence-electron chi connectivity index (χ4n) is 1.81. The van der Waals surface area contributed by atoms with Gasteiger partial charge in [-0.3, -0.25) is 10.1 Å². The van der Waals surface area contributed by atoms with Gasteiger partial charge >= 0.3 is 0 Å². The summed E-state index contributed by atoms with van der Waals surface area (Å²) in [6.07, 6.45) is 0. The van der Waals surface area contributed by atoms with E-state index in [1.807, 2.05) is 18.2 Å². The molecule has 104 valence electrons. The van der Waals surface area contributed by atoms with Crippen LogP contribution in [-0.4, -0.2) is 12.0 Å². The van der Waals surface area contributed by atoms with E-state index in [9.17, 15) is 10.1 Å². The van der Waals surface area contributed by atoms with Gasteiger partial charge < -0.3 is 10.1 Å². The fraction of sp³-hybridized carbons (Fsp3) is 0.143. The fourth-order valence-corrected chi connectivity index (χ4v) is 2.22. The first-order valence-electron chi connectivity index (χ1n) is 5.91. The third-order valence-electron chi connectivity index (χ3n) is 2.78. The van der Waals surface area contributed by atoms with E-state index < -0.39 is 4.92 Å². The molecule has 0 aliphatic heterocycles. The van der Waals surface area contributed by atoms with Gasteiger partial charge in [0.2, 0.25) is 0 Å². The van der Waals surface area contributed by atoms with Gasteiger partial charge in [0.1, 0.15) is 5.75 Å². The summed E-state index contributed by atoms with van der Waals surface area (Å²) in [6, 6.07) is 12.1. The minimum absolute atomic E-state index is 0.0659. The van der Waals surface area contributed by atoms with E-state index in [2.05, 4.69) is 21.2 Å². The van der Waals surface area contributed by atoms with E-state index in [4.69, 9.17) is 4.74 Å². The number of halogens is 1. The Balaban J connectivity index is 2.14. The van der Waals surface area contributed by atoms with Gasteiger partial charge in [0.05, 0.1) is 12.0 Å². The largest absolute Gasteiger partial charge is 0.496 e. The normalized spacial score (nSPS) is 10.1. The highest BCUT2D eigenvalue weighted by Crippen LogP contribution is 2.24. The Bertz CT molecular complexity index is 632. The maximum absolute atomic E-state index is 10.7. The number of nitrogens with zero attached hydrogens (tertiary/aromatic N) is 1. The van der Waals surface area contributed by atoms with Crippen molar-refractivity contribution in [1.29, 1.82) is 0 Å². The quantitative estimate of drug-likeness (QED) is 0.662. The molecule has 2 rings (SSSR count). The number of nitro groups is 1. The van der Waals surface area contributed by atoms with Gasteiger partial charge in [0.25, 0.3) is 5.69 Å². The van der Waals surface area contributed by atoms with Crippen molar-refractivity contribution in [2.45, 2.75) is 6.54 Å². The van der Waals surface area contributed by atoms with E-state index in [1.165, 1.54) is 12.1 Å². The van der Waals surface area contributed by atoms with Crippen LogP contribution in [0.2, 0.25) is 0 Å². The lowest BCUT2D eigenvalue weighted by Gasteiger charge is -2.11. The van der Waals surface area contributed by atoms with Gasteiger partial charge in [0.15, 0.2) is 0 Å². The van der Waals surface area contributed by atoms with Crippen LogP contribution in [-0.2, 0) is 6.54 Å². The average molecular weight is 337 g/mol. The SMILES string of the molecule is COc1ccc(Br)cc1CNc1cccc([N+](=O)[O-])c1. The molecule has 5 nitrogen and oxygen atoms in total. The van der Waals surface area contributed by atoms with E-state index in [0.29, 0.717) is 12.2 Å². The van der Waals surface area contributed by atoms with E-state index in [-0.39, 0.29) is 5.69 Å². The molecule has 0 aromatic heterocycles. The summed E-state index contributed by atoms with van der Waals surface area (Å²) in [6.45, 7) is 0.518. The molecule has 2 aromatic rings. The third-order valence-corrected chi connectivity index (χ3v) is 3.28. The first-order chi connectivity index (χ1) is 9.60. The van der Waals surface area contributed by atoms with Crippen LogP contribution >= 0.6 is 15.9 Å². The summed E-state index contributed by atoms with van der Waals surface area (Å²) >= 11 is 3.41. The van der Waals surface area contributed by atoms with Crippen LogP contribution in [0.3, 0.4) is 0 Å². The lowest BCUT2D eigenvalue weighted by Crippen LogP contribution is -2.02. The maximum Gasteiger partial charge on any atom is 0.271 e. The van der Waals surface area contributed by atoms with Gasteiger partial charge in [-0.05, 0) is 24.3 Å². The van der Waals surface area contributed by atoms with Crippen LogP contribution in [0.5, 0.6) is 5.75 Å². The Labute approximate surface area is 124 Å². The molecule has 0 amide bonds.